The maximum absolute atomic E-state index is 13.0. The monoisotopic (exact) mass is 550 g/mol. The van der Waals surface area contributed by atoms with Crippen molar-refractivity contribution in [2.45, 2.75) is 19.8 Å². The third-order valence-electron chi connectivity index (χ3n) is 6.52. The van der Waals surface area contributed by atoms with Crippen LogP contribution in [0.4, 0.5) is 11.4 Å². The highest BCUT2D eigenvalue weighted by atomic mass is 35.5. The number of benzene rings is 3. The lowest BCUT2D eigenvalue weighted by Crippen LogP contribution is -2.48. The predicted octanol–water partition coefficient (Wildman–Crippen LogP) is 5.56. The van der Waals surface area contributed by atoms with Crippen LogP contribution in [0.5, 0.6) is 5.75 Å². The van der Waals surface area contributed by atoms with Crippen LogP contribution in [0, 0.1) is 0 Å². The maximum Gasteiger partial charge on any atom is 0.257 e. The smallest absolute Gasteiger partial charge is 0.257 e. The zero-order valence-corrected chi connectivity index (χ0v) is 23.2. The molecule has 0 spiro atoms. The summed E-state index contributed by atoms with van der Waals surface area (Å²) in [6.07, 6.45) is 0. The lowest BCUT2D eigenvalue weighted by Gasteiger charge is -2.36. The van der Waals surface area contributed by atoms with Gasteiger partial charge >= 0.3 is 0 Å². The molecular weight excluding hydrogens is 520 g/mol. The summed E-state index contributed by atoms with van der Waals surface area (Å²) in [6, 6.07) is 20.4. The van der Waals surface area contributed by atoms with Gasteiger partial charge in [-0.05, 0) is 78.3 Å². The number of amides is 2. The number of carbonyl (C=O) groups excluding carboxylic acids is 2. The van der Waals surface area contributed by atoms with Crippen LogP contribution >= 0.6 is 23.8 Å². The molecule has 0 aliphatic carbocycles. The molecule has 198 valence electrons. The van der Waals surface area contributed by atoms with Crippen molar-refractivity contribution in [3.05, 3.63) is 88.4 Å². The molecule has 7 nitrogen and oxygen atoms in total. The summed E-state index contributed by atoms with van der Waals surface area (Å²) in [5.41, 5.74) is 4.02. The Kier molecular flexibility index (Phi) is 8.86. The molecule has 1 saturated heterocycles. The summed E-state index contributed by atoms with van der Waals surface area (Å²) in [5, 5.41) is 6.53. The Bertz CT molecular complexity index is 1300. The van der Waals surface area contributed by atoms with Gasteiger partial charge in [-0.15, -0.1) is 0 Å². The fourth-order valence-electron chi connectivity index (χ4n) is 4.30. The lowest BCUT2D eigenvalue weighted by molar-refractivity contribution is 0.0743. The SMILES string of the molecule is COc1ccc(Cl)cc1C(=O)N1CCN(c2ccc(NC(=S)NC(=O)c3ccc(C(C)C)cc3)cc2)CC1. The number of anilines is 2. The van der Waals surface area contributed by atoms with Gasteiger partial charge in [-0.1, -0.05) is 37.6 Å². The molecule has 1 fully saturated rings. The minimum atomic E-state index is -0.253. The molecule has 2 amide bonds. The fraction of sp³-hybridized carbons (Fsp3) is 0.276. The van der Waals surface area contributed by atoms with E-state index in [1.165, 1.54) is 5.56 Å². The van der Waals surface area contributed by atoms with Crippen molar-refractivity contribution in [2.75, 3.05) is 43.5 Å². The number of thiocarbonyl (C=S) groups is 1. The largest absolute Gasteiger partial charge is 0.496 e. The third kappa shape index (κ3) is 6.62. The van der Waals surface area contributed by atoms with Crippen LogP contribution in [0.2, 0.25) is 5.02 Å². The van der Waals surface area contributed by atoms with Gasteiger partial charge in [0.1, 0.15) is 5.75 Å². The van der Waals surface area contributed by atoms with E-state index in [1.807, 2.05) is 41.3 Å². The van der Waals surface area contributed by atoms with E-state index in [9.17, 15) is 9.59 Å². The van der Waals surface area contributed by atoms with Crippen LogP contribution in [-0.2, 0) is 0 Å². The van der Waals surface area contributed by atoms with Crippen LogP contribution in [0.15, 0.2) is 66.7 Å². The number of carbonyl (C=O) groups is 2. The van der Waals surface area contributed by atoms with Gasteiger partial charge in [-0.25, -0.2) is 0 Å². The first-order chi connectivity index (χ1) is 18.2. The third-order valence-corrected chi connectivity index (χ3v) is 6.95. The second-order valence-corrected chi connectivity index (χ2v) is 10.2. The van der Waals surface area contributed by atoms with E-state index in [1.54, 1.807) is 37.4 Å². The summed E-state index contributed by atoms with van der Waals surface area (Å²) in [5.74, 6) is 0.581. The van der Waals surface area contributed by atoms with Crippen molar-refractivity contribution in [2.24, 2.45) is 0 Å². The van der Waals surface area contributed by atoms with Gasteiger partial charge < -0.3 is 19.9 Å². The quantitative estimate of drug-likeness (QED) is 0.391. The van der Waals surface area contributed by atoms with Crippen molar-refractivity contribution < 1.29 is 14.3 Å². The van der Waals surface area contributed by atoms with Gasteiger partial charge in [-0.2, -0.15) is 0 Å². The van der Waals surface area contributed by atoms with E-state index in [2.05, 4.69) is 29.4 Å². The summed E-state index contributed by atoms with van der Waals surface area (Å²) in [6.45, 7) is 6.80. The second-order valence-electron chi connectivity index (χ2n) is 9.36. The van der Waals surface area contributed by atoms with Crippen LogP contribution in [0.1, 0.15) is 46.0 Å². The molecule has 1 heterocycles. The number of rotatable bonds is 6. The number of hydrogen-bond donors (Lipinski definition) is 2. The van der Waals surface area contributed by atoms with Crippen LogP contribution in [0.3, 0.4) is 0 Å². The zero-order valence-electron chi connectivity index (χ0n) is 21.7. The van der Waals surface area contributed by atoms with Crippen molar-refractivity contribution >= 4 is 52.1 Å². The van der Waals surface area contributed by atoms with Gasteiger partial charge in [0.15, 0.2) is 5.11 Å². The maximum atomic E-state index is 13.0. The Balaban J connectivity index is 1.29. The Labute approximate surface area is 233 Å². The molecule has 1 aliphatic rings. The standard InChI is InChI=1S/C29H31ClN4O3S/c1-19(2)20-4-6-21(7-5-20)27(35)32-29(38)31-23-9-11-24(12-10-23)33-14-16-34(17-15-33)28(36)25-18-22(30)8-13-26(25)37-3/h4-13,18-19H,14-17H2,1-3H3,(H2,31,32,35,38). The molecule has 4 rings (SSSR count). The number of piperazine rings is 1. The van der Waals surface area contributed by atoms with Crippen molar-refractivity contribution in [3.8, 4) is 5.75 Å². The van der Waals surface area contributed by atoms with E-state index in [0.717, 1.165) is 11.4 Å². The molecule has 0 unspecified atom stereocenters. The van der Waals surface area contributed by atoms with Crippen molar-refractivity contribution in [1.82, 2.24) is 10.2 Å². The summed E-state index contributed by atoms with van der Waals surface area (Å²) in [4.78, 5) is 29.6. The lowest BCUT2D eigenvalue weighted by atomic mass is 10.0. The molecule has 3 aromatic rings. The summed E-state index contributed by atoms with van der Waals surface area (Å²) in [7, 11) is 1.54. The number of hydrogen-bond acceptors (Lipinski definition) is 5. The molecule has 38 heavy (non-hydrogen) atoms. The van der Waals surface area contributed by atoms with Gasteiger partial charge in [0.2, 0.25) is 0 Å². The number of nitrogens with zero attached hydrogens (tertiary/aromatic N) is 2. The average molecular weight is 551 g/mol. The minimum Gasteiger partial charge on any atom is -0.496 e. The molecule has 3 aromatic carbocycles. The molecule has 0 atom stereocenters. The molecule has 0 bridgehead atoms. The van der Waals surface area contributed by atoms with Gasteiger partial charge in [-0.3, -0.25) is 14.9 Å². The number of ether oxygens (including phenoxy) is 1. The van der Waals surface area contributed by atoms with Gasteiger partial charge in [0.25, 0.3) is 11.8 Å². The number of methoxy groups -OCH3 is 1. The topological polar surface area (TPSA) is 73.9 Å². The Morgan fingerprint density at radius 1 is 0.947 bits per heavy atom. The van der Waals surface area contributed by atoms with E-state index in [0.29, 0.717) is 54.0 Å². The zero-order chi connectivity index (χ0) is 27.2. The van der Waals surface area contributed by atoms with Gasteiger partial charge in [0, 0.05) is 48.1 Å². The van der Waals surface area contributed by atoms with Crippen molar-refractivity contribution in [1.29, 1.82) is 0 Å². The number of nitrogens with one attached hydrogen (secondary N) is 2. The Morgan fingerprint density at radius 2 is 1.61 bits per heavy atom. The molecule has 9 heteroatoms. The summed E-state index contributed by atoms with van der Waals surface area (Å²) < 4.78 is 5.34. The summed E-state index contributed by atoms with van der Waals surface area (Å²) >= 11 is 11.4. The predicted molar refractivity (Wildman–Crippen MR) is 157 cm³/mol. The first kappa shape index (κ1) is 27.4. The van der Waals surface area contributed by atoms with Crippen LogP contribution in [-0.4, -0.2) is 55.1 Å². The molecule has 0 radical (unpaired) electrons. The molecule has 0 aromatic heterocycles. The van der Waals surface area contributed by atoms with E-state index in [4.69, 9.17) is 28.6 Å². The van der Waals surface area contributed by atoms with Crippen molar-refractivity contribution in [3.63, 3.8) is 0 Å². The molecule has 2 N–H and O–H groups in total. The highest BCUT2D eigenvalue weighted by molar-refractivity contribution is 7.80. The Morgan fingerprint density at radius 3 is 2.21 bits per heavy atom. The van der Waals surface area contributed by atoms with E-state index >= 15 is 0 Å². The van der Waals surface area contributed by atoms with Gasteiger partial charge in [0.05, 0.1) is 12.7 Å². The normalized spacial score (nSPS) is 13.3. The first-order valence-electron chi connectivity index (χ1n) is 12.4. The van der Waals surface area contributed by atoms with Crippen LogP contribution < -0.4 is 20.3 Å². The second kappa shape index (κ2) is 12.3. The fourth-order valence-corrected chi connectivity index (χ4v) is 4.68. The molecule has 0 saturated carbocycles. The van der Waals surface area contributed by atoms with E-state index in [-0.39, 0.29) is 16.9 Å². The molecule has 1 aliphatic heterocycles. The minimum absolute atomic E-state index is 0.0880. The molecular formula is C29H31ClN4O3S. The number of halogens is 1. The highest BCUT2D eigenvalue weighted by Gasteiger charge is 2.24. The van der Waals surface area contributed by atoms with Crippen LogP contribution in [0.25, 0.3) is 0 Å². The van der Waals surface area contributed by atoms with E-state index < -0.39 is 0 Å². The first-order valence-corrected chi connectivity index (χ1v) is 13.2. The highest BCUT2D eigenvalue weighted by Crippen LogP contribution is 2.26. The Hall–Kier alpha value is -3.62. The average Bonchev–Trinajstić information content (AvgIpc) is 2.93.